The minimum atomic E-state index is -0.706. The molecule has 1 N–H and O–H groups in total. The number of rotatable bonds is 5. The van der Waals surface area contributed by atoms with E-state index in [1.54, 1.807) is 18.2 Å². The lowest BCUT2D eigenvalue weighted by atomic mass is 9.93. The van der Waals surface area contributed by atoms with Gasteiger partial charge in [0, 0.05) is 5.56 Å². The monoisotopic (exact) mass is 288 g/mol. The van der Waals surface area contributed by atoms with Crippen molar-refractivity contribution in [1.82, 2.24) is 0 Å². The number of benzene rings is 1. The summed E-state index contributed by atoms with van der Waals surface area (Å²) in [5.74, 6) is 0.106. The molecule has 0 heterocycles. The Morgan fingerprint density at radius 3 is 2.50 bits per heavy atom. The van der Waals surface area contributed by atoms with Gasteiger partial charge in [-0.2, -0.15) is 0 Å². The van der Waals surface area contributed by atoms with E-state index in [4.69, 9.17) is 0 Å². The molecule has 90 valence electrons. The molecule has 0 aliphatic heterocycles. The Hall–Kier alpha value is -0.410. The van der Waals surface area contributed by atoms with E-state index in [9.17, 15) is 9.50 Å². The van der Waals surface area contributed by atoms with E-state index in [-0.39, 0.29) is 5.82 Å². The van der Waals surface area contributed by atoms with Gasteiger partial charge in [0.2, 0.25) is 0 Å². The van der Waals surface area contributed by atoms with E-state index < -0.39 is 6.10 Å². The van der Waals surface area contributed by atoms with Crippen molar-refractivity contribution in [3.8, 4) is 0 Å². The molecule has 0 amide bonds. The largest absolute Gasteiger partial charge is 0.388 e. The number of hydrogen-bond donors (Lipinski definition) is 1. The summed E-state index contributed by atoms with van der Waals surface area (Å²) in [6.45, 7) is 4.19. The Bertz CT molecular complexity index is 337. The van der Waals surface area contributed by atoms with E-state index in [0.717, 1.165) is 12.8 Å². The number of hydrogen-bond acceptors (Lipinski definition) is 1. The van der Waals surface area contributed by atoms with Gasteiger partial charge >= 0.3 is 0 Å². The standard InChI is InChI=1S/C13H18BrFO/c1-3-9(4-2)8-12(16)10-6-5-7-11(14)13(10)15/h5-7,9,12,16H,3-4,8H2,1-2H3. The van der Waals surface area contributed by atoms with Crippen molar-refractivity contribution in [3.63, 3.8) is 0 Å². The first kappa shape index (κ1) is 13.7. The summed E-state index contributed by atoms with van der Waals surface area (Å²) in [7, 11) is 0. The number of aliphatic hydroxyl groups excluding tert-OH is 1. The summed E-state index contributed by atoms with van der Waals surface area (Å²) in [6.07, 6.45) is 1.95. The van der Waals surface area contributed by atoms with Crippen molar-refractivity contribution in [1.29, 1.82) is 0 Å². The summed E-state index contributed by atoms with van der Waals surface area (Å²) in [5.41, 5.74) is 0.390. The molecule has 1 aromatic carbocycles. The molecule has 0 fully saturated rings. The fraction of sp³-hybridized carbons (Fsp3) is 0.538. The topological polar surface area (TPSA) is 20.2 Å². The van der Waals surface area contributed by atoms with Crippen LogP contribution in [-0.2, 0) is 0 Å². The second kappa shape index (κ2) is 6.36. The molecule has 1 rings (SSSR count). The van der Waals surface area contributed by atoms with Crippen LogP contribution >= 0.6 is 15.9 Å². The van der Waals surface area contributed by atoms with Crippen molar-refractivity contribution in [3.05, 3.63) is 34.1 Å². The van der Waals surface area contributed by atoms with E-state index in [1.165, 1.54) is 0 Å². The quantitative estimate of drug-likeness (QED) is 0.849. The molecule has 0 spiro atoms. The van der Waals surface area contributed by atoms with Gasteiger partial charge in [0.25, 0.3) is 0 Å². The first-order valence-corrected chi connectivity index (χ1v) is 6.51. The fourth-order valence-corrected chi connectivity index (χ4v) is 2.22. The highest BCUT2D eigenvalue weighted by Crippen LogP contribution is 2.29. The number of halogens is 2. The third-order valence-electron chi connectivity index (χ3n) is 3.05. The minimum Gasteiger partial charge on any atom is -0.388 e. The molecule has 0 radical (unpaired) electrons. The normalized spacial score (nSPS) is 13.1. The van der Waals surface area contributed by atoms with Gasteiger partial charge in [0.1, 0.15) is 5.82 Å². The first-order valence-electron chi connectivity index (χ1n) is 5.72. The summed E-state index contributed by atoms with van der Waals surface area (Å²) >= 11 is 3.13. The lowest BCUT2D eigenvalue weighted by Crippen LogP contribution is -2.07. The molecule has 1 unspecified atom stereocenters. The van der Waals surface area contributed by atoms with Gasteiger partial charge in [0.15, 0.2) is 0 Å². The predicted molar refractivity (Wildman–Crippen MR) is 67.7 cm³/mol. The van der Waals surface area contributed by atoms with Gasteiger partial charge in [0.05, 0.1) is 10.6 Å². The highest BCUT2D eigenvalue weighted by molar-refractivity contribution is 9.10. The molecule has 0 aliphatic carbocycles. The SMILES string of the molecule is CCC(CC)CC(O)c1cccc(Br)c1F. The summed E-state index contributed by atoms with van der Waals surface area (Å²) in [5, 5.41) is 10.00. The first-order chi connectivity index (χ1) is 7.60. The van der Waals surface area contributed by atoms with Crippen LogP contribution in [0.5, 0.6) is 0 Å². The van der Waals surface area contributed by atoms with Crippen molar-refractivity contribution >= 4 is 15.9 Å². The zero-order chi connectivity index (χ0) is 12.1. The second-order valence-corrected chi connectivity index (χ2v) is 4.93. The van der Waals surface area contributed by atoms with Crippen molar-refractivity contribution < 1.29 is 9.50 Å². The van der Waals surface area contributed by atoms with Crippen LogP contribution in [0.25, 0.3) is 0 Å². The van der Waals surface area contributed by atoms with Crippen LogP contribution in [0.4, 0.5) is 4.39 Å². The van der Waals surface area contributed by atoms with Crippen molar-refractivity contribution in [2.45, 2.75) is 39.2 Å². The van der Waals surface area contributed by atoms with E-state index >= 15 is 0 Å². The molecular weight excluding hydrogens is 271 g/mol. The molecule has 1 atom stereocenters. The van der Waals surface area contributed by atoms with Gasteiger partial charge in [-0.3, -0.25) is 0 Å². The lowest BCUT2D eigenvalue weighted by molar-refractivity contribution is 0.137. The zero-order valence-electron chi connectivity index (χ0n) is 9.71. The minimum absolute atomic E-state index is 0.346. The molecule has 0 saturated carbocycles. The highest BCUT2D eigenvalue weighted by Gasteiger charge is 2.17. The average molecular weight is 289 g/mol. The van der Waals surface area contributed by atoms with Gasteiger partial charge in [-0.15, -0.1) is 0 Å². The molecule has 0 bridgehead atoms. The summed E-state index contributed by atoms with van der Waals surface area (Å²) in [4.78, 5) is 0. The molecule has 0 saturated heterocycles. The smallest absolute Gasteiger partial charge is 0.143 e. The third-order valence-corrected chi connectivity index (χ3v) is 3.66. The molecule has 3 heteroatoms. The Balaban J connectivity index is 2.80. The van der Waals surface area contributed by atoms with E-state index in [0.29, 0.717) is 22.4 Å². The molecular formula is C13H18BrFO. The molecule has 1 aromatic rings. The maximum atomic E-state index is 13.7. The maximum absolute atomic E-state index is 13.7. The van der Waals surface area contributed by atoms with Crippen LogP contribution in [0.3, 0.4) is 0 Å². The van der Waals surface area contributed by atoms with Gasteiger partial charge < -0.3 is 5.11 Å². The molecule has 0 aromatic heterocycles. The summed E-state index contributed by atoms with van der Waals surface area (Å²) < 4.78 is 14.1. The van der Waals surface area contributed by atoms with Gasteiger partial charge in [-0.05, 0) is 34.3 Å². The summed E-state index contributed by atoms with van der Waals surface area (Å²) in [6, 6.07) is 5.04. The highest BCUT2D eigenvalue weighted by atomic mass is 79.9. The molecule has 0 aliphatic rings. The van der Waals surface area contributed by atoms with Crippen LogP contribution in [0, 0.1) is 11.7 Å². The Morgan fingerprint density at radius 2 is 1.94 bits per heavy atom. The fourth-order valence-electron chi connectivity index (χ4n) is 1.84. The van der Waals surface area contributed by atoms with Crippen molar-refractivity contribution in [2.75, 3.05) is 0 Å². The van der Waals surface area contributed by atoms with Crippen LogP contribution in [0.15, 0.2) is 22.7 Å². The van der Waals surface area contributed by atoms with Crippen LogP contribution in [0.2, 0.25) is 0 Å². The van der Waals surface area contributed by atoms with Crippen LogP contribution < -0.4 is 0 Å². The van der Waals surface area contributed by atoms with Crippen molar-refractivity contribution in [2.24, 2.45) is 5.92 Å². The van der Waals surface area contributed by atoms with Crippen LogP contribution in [-0.4, -0.2) is 5.11 Å². The number of aliphatic hydroxyl groups is 1. The van der Waals surface area contributed by atoms with Crippen LogP contribution in [0.1, 0.15) is 44.8 Å². The second-order valence-electron chi connectivity index (χ2n) is 4.08. The Kier molecular flexibility index (Phi) is 5.42. The molecule has 1 nitrogen and oxygen atoms in total. The zero-order valence-corrected chi connectivity index (χ0v) is 11.3. The predicted octanol–water partition coefficient (Wildman–Crippen LogP) is 4.45. The Morgan fingerprint density at radius 1 is 1.31 bits per heavy atom. The Labute approximate surface area is 105 Å². The van der Waals surface area contributed by atoms with E-state index in [2.05, 4.69) is 29.8 Å². The van der Waals surface area contributed by atoms with Gasteiger partial charge in [-0.1, -0.05) is 38.8 Å². The lowest BCUT2D eigenvalue weighted by Gasteiger charge is -2.18. The maximum Gasteiger partial charge on any atom is 0.143 e. The van der Waals surface area contributed by atoms with E-state index in [1.807, 2.05) is 0 Å². The average Bonchev–Trinajstić information content (AvgIpc) is 2.29. The third kappa shape index (κ3) is 3.29. The molecule has 16 heavy (non-hydrogen) atoms. The van der Waals surface area contributed by atoms with Gasteiger partial charge in [-0.25, -0.2) is 4.39 Å².